The Kier molecular flexibility index (Phi) is 9.59. The van der Waals surface area contributed by atoms with Crippen molar-refractivity contribution in [3.63, 3.8) is 0 Å². The van der Waals surface area contributed by atoms with Gasteiger partial charge < -0.3 is 74.6 Å². The number of nitrogens with one attached hydrogen (secondary N) is 1. The van der Waals surface area contributed by atoms with Crippen LogP contribution in [0.2, 0.25) is 0 Å². The van der Waals surface area contributed by atoms with E-state index in [1.54, 1.807) is 0 Å². The lowest BCUT2D eigenvalue weighted by Gasteiger charge is -2.49. The van der Waals surface area contributed by atoms with E-state index in [1.807, 2.05) is 0 Å². The minimum absolute atomic E-state index is 0.0899. The van der Waals surface area contributed by atoms with Crippen LogP contribution in [0, 0.1) is 0 Å². The third-order valence-corrected chi connectivity index (χ3v) is 7.31. The quantitative estimate of drug-likeness (QED) is 0.148. The van der Waals surface area contributed by atoms with Crippen LogP contribution >= 0.6 is 0 Å². The Balaban J connectivity index is 1.56. The van der Waals surface area contributed by atoms with E-state index in [0.717, 1.165) is 6.92 Å². The van der Waals surface area contributed by atoms with Gasteiger partial charge in [-0.2, -0.15) is 0 Å². The maximum absolute atomic E-state index is 11.8. The zero-order chi connectivity index (χ0) is 27.9. The first kappa shape index (κ1) is 29.9. The number of carbonyl (C=O) groups is 1. The predicted molar refractivity (Wildman–Crippen MR) is 119 cm³/mol. The molecular weight excluding hydrogens is 518 g/mol. The molecule has 1 amide bonds. The normalized spacial score (nSPS) is 51.7. The van der Waals surface area contributed by atoms with Crippen molar-refractivity contribution in [2.75, 3.05) is 13.2 Å². The molecule has 0 aromatic heterocycles. The SMILES string of the molecule is CC(=O)N[C@H]1[C@H](O[C@@H]2[C@@H](O[C@H]3CCO[C@H]4[C@H](O)[C@@H](O)[C@H](O)O[C@@H]43)O[C@H](C)[C@@H](O)[C@@H]2O)O[C@H](CO)[C@@H](O)[C@@H]1O. The van der Waals surface area contributed by atoms with Crippen LogP contribution in [0.4, 0.5) is 0 Å². The second-order valence-corrected chi connectivity index (χ2v) is 10.00. The van der Waals surface area contributed by atoms with E-state index in [0.29, 0.717) is 0 Å². The lowest BCUT2D eigenvalue weighted by molar-refractivity contribution is -0.376. The number of aliphatic hydroxyl groups is 8. The summed E-state index contributed by atoms with van der Waals surface area (Å²) in [6.45, 7) is 2.03. The molecule has 4 fully saturated rings. The molecule has 4 heterocycles. The zero-order valence-electron chi connectivity index (χ0n) is 20.8. The Morgan fingerprint density at radius 1 is 0.842 bits per heavy atom. The molecule has 0 spiro atoms. The first-order valence-corrected chi connectivity index (χ1v) is 12.5. The topological polar surface area (TPSA) is 246 Å². The van der Waals surface area contributed by atoms with Crippen molar-refractivity contribution in [3.05, 3.63) is 0 Å². The first-order valence-electron chi connectivity index (χ1n) is 12.5. The van der Waals surface area contributed by atoms with E-state index in [4.69, 9.17) is 28.4 Å². The molecule has 0 radical (unpaired) electrons. The highest BCUT2D eigenvalue weighted by Crippen LogP contribution is 2.35. The molecule has 4 saturated heterocycles. The fourth-order valence-corrected chi connectivity index (χ4v) is 5.17. The van der Waals surface area contributed by atoms with Gasteiger partial charge in [-0.05, 0) is 13.3 Å². The standard InChI is InChI=1S/C22H37NO15/c1-6-11(26)14(29)19(38-21-10(23-7(2)25)13(28)12(27)9(5-24)36-21)22(34-6)35-8-3-4-33-18-15(30)16(31)20(32)37-17(8)18/h6,8-22,24,26-32H,3-5H2,1-2H3,(H,23,25)/t6-,8+,9-,10-,11-,12-,13-,14+,15-,16-,17-,18+,19+,20-,21+,22-/m1/s1. The number of aliphatic hydroxyl groups excluding tert-OH is 8. The largest absolute Gasteiger partial charge is 0.394 e. The molecule has 16 heteroatoms. The highest BCUT2D eigenvalue weighted by molar-refractivity contribution is 5.73. The summed E-state index contributed by atoms with van der Waals surface area (Å²) in [5, 5.41) is 84.4. The Hall–Kier alpha value is -1.09. The second-order valence-electron chi connectivity index (χ2n) is 10.00. The molecule has 0 unspecified atom stereocenters. The molecule has 220 valence electrons. The summed E-state index contributed by atoms with van der Waals surface area (Å²) in [4.78, 5) is 11.8. The second kappa shape index (κ2) is 12.2. The van der Waals surface area contributed by atoms with E-state index in [1.165, 1.54) is 6.92 Å². The number of hydrogen-bond donors (Lipinski definition) is 9. The first-order chi connectivity index (χ1) is 17.9. The van der Waals surface area contributed by atoms with Gasteiger partial charge in [-0.15, -0.1) is 0 Å². The molecule has 16 nitrogen and oxygen atoms in total. The molecule has 0 aromatic rings. The van der Waals surface area contributed by atoms with Gasteiger partial charge in [0.25, 0.3) is 0 Å². The van der Waals surface area contributed by atoms with Crippen molar-refractivity contribution >= 4 is 5.91 Å². The molecule has 4 aliphatic rings. The lowest BCUT2D eigenvalue weighted by atomic mass is 9.91. The highest BCUT2D eigenvalue weighted by Gasteiger charge is 2.54. The minimum Gasteiger partial charge on any atom is -0.394 e. The summed E-state index contributed by atoms with van der Waals surface area (Å²) in [5.41, 5.74) is 0. The summed E-state index contributed by atoms with van der Waals surface area (Å²) in [7, 11) is 0. The van der Waals surface area contributed by atoms with Gasteiger partial charge in [0.05, 0.1) is 18.8 Å². The smallest absolute Gasteiger partial charge is 0.217 e. The summed E-state index contributed by atoms with van der Waals surface area (Å²) in [5.74, 6) is -0.593. The number of fused-ring (bicyclic) bond motifs is 1. The van der Waals surface area contributed by atoms with Crippen LogP contribution in [-0.4, -0.2) is 158 Å². The van der Waals surface area contributed by atoms with Gasteiger partial charge in [0.2, 0.25) is 5.91 Å². The van der Waals surface area contributed by atoms with Crippen LogP contribution in [0.5, 0.6) is 0 Å². The van der Waals surface area contributed by atoms with E-state index >= 15 is 0 Å². The average Bonchev–Trinajstić information content (AvgIpc) is 2.88. The van der Waals surface area contributed by atoms with Crippen LogP contribution in [-0.2, 0) is 33.2 Å². The Bertz CT molecular complexity index is 807. The van der Waals surface area contributed by atoms with Crippen molar-refractivity contribution in [3.8, 4) is 0 Å². The van der Waals surface area contributed by atoms with Crippen LogP contribution in [0.1, 0.15) is 20.3 Å². The number of ether oxygens (including phenoxy) is 6. The van der Waals surface area contributed by atoms with Gasteiger partial charge in [-0.25, -0.2) is 0 Å². The molecule has 38 heavy (non-hydrogen) atoms. The van der Waals surface area contributed by atoms with E-state index in [9.17, 15) is 45.6 Å². The maximum atomic E-state index is 11.8. The summed E-state index contributed by atoms with van der Waals surface area (Å²) in [6.07, 6.45) is -20.5. The van der Waals surface area contributed by atoms with Gasteiger partial charge in [-0.3, -0.25) is 4.79 Å². The summed E-state index contributed by atoms with van der Waals surface area (Å²) >= 11 is 0. The van der Waals surface area contributed by atoms with Crippen LogP contribution in [0.25, 0.3) is 0 Å². The lowest BCUT2D eigenvalue weighted by Crippen LogP contribution is -2.68. The fraction of sp³-hybridized carbons (Fsp3) is 0.955. The van der Waals surface area contributed by atoms with Crippen molar-refractivity contribution < 1.29 is 74.1 Å². The minimum atomic E-state index is -1.72. The molecule has 4 aliphatic heterocycles. The van der Waals surface area contributed by atoms with Crippen molar-refractivity contribution in [2.45, 2.75) is 118 Å². The third-order valence-electron chi connectivity index (χ3n) is 7.31. The van der Waals surface area contributed by atoms with Gasteiger partial charge in [-0.1, -0.05) is 0 Å². The highest BCUT2D eigenvalue weighted by atomic mass is 16.8. The van der Waals surface area contributed by atoms with Gasteiger partial charge in [0, 0.05) is 13.5 Å². The fourth-order valence-electron chi connectivity index (χ4n) is 5.17. The van der Waals surface area contributed by atoms with Crippen molar-refractivity contribution in [1.82, 2.24) is 5.32 Å². The molecule has 0 bridgehead atoms. The summed E-state index contributed by atoms with van der Waals surface area (Å²) < 4.78 is 34.2. The maximum Gasteiger partial charge on any atom is 0.217 e. The summed E-state index contributed by atoms with van der Waals surface area (Å²) in [6, 6.07) is -1.34. The monoisotopic (exact) mass is 555 g/mol. The molecule has 9 N–H and O–H groups in total. The Morgan fingerprint density at radius 3 is 2.21 bits per heavy atom. The average molecular weight is 556 g/mol. The molecule has 16 atom stereocenters. The van der Waals surface area contributed by atoms with Crippen LogP contribution in [0.3, 0.4) is 0 Å². The van der Waals surface area contributed by atoms with E-state index in [2.05, 4.69) is 5.32 Å². The van der Waals surface area contributed by atoms with Crippen molar-refractivity contribution in [1.29, 1.82) is 0 Å². The number of carbonyl (C=O) groups excluding carboxylic acids is 1. The third kappa shape index (κ3) is 5.84. The van der Waals surface area contributed by atoms with E-state index in [-0.39, 0.29) is 13.0 Å². The zero-order valence-corrected chi connectivity index (χ0v) is 20.8. The molecule has 4 rings (SSSR count). The van der Waals surface area contributed by atoms with Gasteiger partial charge in [0.1, 0.15) is 67.1 Å². The van der Waals surface area contributed by atoms with Crippen molar-refractivity contribution in [2.24, 2.45) is 0 Å². The molecular formula is C22H37NO15. The van der Waals surface area contributed by atoms with Gasteiger partial charge in [0.15, 0.2) is 18.9 Å². The van der Waals surface area contributed by atoms with E-state index < -0.39 is 111 Å². The molecule has 0 saturated carbocycles. The number of amides is 1. The molecule has 0 aliphatic carbocycles. The molecule has 0 aromatic carbocycles. The van der Waals surface area contributed by atoms with Crippen LogP contribution < -0.4 is 5.32 Å². The number of hydrogen-bond acceptors (Lipinski definition) is 15. The Morgan fingerprint density at radius 2 is 1.55 bits per heavy atom. The number of rotatable bonds is 6. The predicted octanol–water partition coefficient (Wildman–Crippen LogP) is -5.60. The Labute approximate surface area is 217 Å². The van der Waals surface area contributed by atoms with Crippen LogP contribution in [0.15, 0.2) is 0 Å². The van der Waals surface area contributed by atoms with Gasteiger partial charge >= 0.3 is 0 Å².